The molecule has 1 fully saturated rings. The first kappa shape index (κ1) is 16.8. The van der Waals surface area contributed by atoms with Gasteiger partial charge < -0.3 is 10.2 Å². The van der Waals surface area contributed by atoms with Crippen LogP contribution in [0.4, 0.5) is 5.69 Å². The van der Waals surface area contributed by atoms with Gasteiger partial charge in [-0.2, -0.15) is 0 Å². The molecule has 5 heteroatoms. The molecule has 1 aromatic heterocycles. The van der Waals surface area contributed by atoms with Gasteiger partial charge in [-0.1, -0.05) is 36.6 Å². The smallest absolute Gasteiger partial charge is 0.270 e. The summed E-state index contributed by atoms with van der Waals surface area (Å²) in [5.41, 5.74) is 2.56. The van der Waals surface area contributed by atoms with Crippen LogP contribution in [0.15, 0.2) is 42.6 Å². The van der Waals surface area contributed by atoms with Gasteiger partial charge >= 0.3 is 0 Å². The van der Waals surface area contributed by atoms with E-state index in [0.717, 1.165) is 24.3 Å². The Morgan fingerprint density at radius 1 is 1.04 bits per heavy atom. The van der Waals surface area contributed by atoms with Crippen LogP contribution in [0.1, 0.15) is 41.7 Å². The molecule has 0 radical (unpaired) electrons. The minimum absolute atomic E-state index is 0.160. The number of hydrogen-bond donors (Lipinski definition) is 1. The van der Waals surface area contributed by atoms with Crippen LogP contribution in [0.2, 0.25) is 5.02 Å². The van der Waals surface area contributed by atoms with E-state index in [9.17, 15) is 4.79 Å². The molecule has 1 aliphatic heterocycles. The predicted molar refractivity (Wildman–Crippen MR) is 97.5 cm³/mol. The van der Waals surface area contributed by atoms with E-state index >= 15 is 0 Å². The number of amides is 1. The van der Waals surface area contributed by atoms with Crippen molar-refractivity contribution in [2.75, 3.05) is 18.0 Å². The number of halogens is 1. The second kappa shape index (κ2) is 8.15. The summed E-state index contributed by atoms with van der Waals surface area (Å²) < 4.78 is 0. The number of carbonyl (C=O) groups excluding carboxylic acids is 1. The predicted octanol–water partition coefficient (Wildman–Crippen LogP) is 4.05. The van der Waals surface area contributed by atoms with Crippen molar-refractivity contribution in [1.82, 2.24) is 10.3 Å². The highest BCUT2D eigenvalue weighted by Crippen LogP contribution is 2.18. The second-order valence-corrected chi connectivity index (χ2v) is 6.55. The molecule has 1 aromatic carbocycles. The van der Waals surface area contributed by atoms with Crippen LogP contribution in [-0.2, 0) is 6.54 Å². The average molecular weight is 344 g/mol. The molecule has 1 amide bonds. The minimum Gasteiger partial charge on any atom is -0.370 e. The van der Waals surface area contributed by atoms with Crippen molar-refractivity contribution >= 4 is 23.2 Å². The first-order valence-corrected chi connectivity index (χ1v) is 8.84. The molecule has 2 heterocycles. The van der Waals surface area contributed by atoms with E-state index in [2.05, 4.69) is 15.2 Å². The molecule has 0 unspecified atom stereocenters. The Labute approximate surface area is 147 Å². The molecule has 0 spiro atoms. The van der Waals surface area contributed by atoms with Crippen molar-refractivity contribution < 1.29 is 4.79 Å². The number of anilines is 1. The molecule has 24 heavy (non-hydrogen) atoms. The lowest BCUT2D eigenvalue weighted by Crippen LogP contribution is -2.26. The summed E-state index contributed by atoms with van der Waals surface area (Å²) in [6.45, 7) is 2.61. The van der Waals surface area contributed by atoms with E-state index < -0.39 is 0 Å². The summed E-state index contributed by atoms with van der Waals surface area (Å²) in [7, 11) is 0. The molecule has 1 N–H and O–H groups in total. The lowest BCUT2D eigenvalue weighted by molar-refractivity contribution is 0.0946. The number of hydrogen-bond acceptors (Lipinski definition) is 3. The van der Waals surface area contributed by atoms with Crippen LogP contribution in [0.5, 0.6) is 0 Å². The Balaban J connectivity index is 1.58. The molecule has 4 nitrogen and oxygen atoms in total. The van der Waals surface area contributed by atoms with Gasteiger partial charge in [-0.05, 0) is 42.7 Å². The Morgan fingerprint density at radius 2 is 1.75 bits per heavy atom. The van der Waals surface area contributed by atoms with Crippen molar-refractivity contribution in [2.24, 2.45) is 0 Å². The van der Waals surface area contributed by atoms with Crippen molar-refractivity contribution in [1.29, 1.82) is 0 Å². The summed E-state index contributed by atoms with van der Waals surface area (Å²) in [6, 6.07) is 11.2. The molecule has 1 saturated heterocycles. The second-order valence-electron chi connectivity index (χ2n) is 6.11. The van der Waals surface area contributed by atoms with Crippen LogP contribution < -0.4 is 10.2 Å². The maximum absolute atomic E-state index is 12.2. The SMILES string of the molecule is O=C(NCc1ccc(Cl)cc1)c1ccc(N2CCCCCC2)cn1. The van der Waals surface area contributed by atoms with Crippen molar-refractivity contribution in [2.45, 2.75) is 32.2 Å². The van der Waals surface area contributed by atoms with E-state index in [4.69, 9.17) is 11.6 Å². The van der Waals surface area contributed by atoms with Crippen molar-refractivity contribution in [3.05, 3.63) is 58.9 Å². The Hall–Kier alpha value is -2.07. The summed E-state index contributed by atoms with van der Waals surface area (Å²) in [6.07, 6.45) is 6.86. The largest absolute Gasteiger partial charge is 0.370 e. The summed E-state index contributed by atoms with van der Waals surface area (Å²) in [4.78, 5) is 18.9. The minimum atomic E-state index is -0.160. The summed E-state index contributed by atoms with van der Waals surface area (Å²) in [5, 5.41) is 3.58. The van der Waals surface area contributed by atoms with E-state index in [-0.39, 0.29) is 5.91 Å². The van der Waals surface area contributed by atoms with Crippen LogP contribution in [0.3, 0.4) is 0 Å². The zero-order chi connectivity index (χ0) is 16.8. The van der Waals surface area contributed by atoms with E-state index in [0.29, 0.717) is 17.3 Å². The third kappa shape index (κ3) is 4.48. The molecule has 0 bridgehead atoms. The van der Waals surface area contributed by atoms with E-state index in [1.165, 1.54) is 25.7 Å². The van der Waals surface area contributed by atoms with Gasteiger partial charge in [-0.15, -0.1) is 0 Å². The average Bonchev–Trinajstić information content (AvgIpc) is 2.90. The van der Waals surface area contributed by atoms with Gasteiger partial charge in [0.2, 0.25) is 0 Å². The number of pyridine rings is 1. The standard InChI is InChI=1S/C19H22ClN3O/c20-16-7-5-15(6-8-16)13-22-19(24)18-10-9-17(14-21-18)23-11-3-1-2-4-12-23/h5-10,14H,1-4,11-13H2,(H,22,24). The van der Waals surface area contributed by atoms with Gasteiger partial charge in [0.25, 0.3) is 5.91 Å². The van der Waals surface area contributed by atoms with Gasteiger partial charge in [0.1, 0.15) is 5.69 Å². The number of nitrogens with zero attached hydrogens (tertiary/aromatic N) is 2. The van der Waals surface area contributed by atoms with Gasteiger partial charge in [0.05, 0.1) is 11.9 Å². The third-order valence-electron chi connectivity index (χ3n) is 4.32. The fourth-order valence-electron chi connectivity index (χ4n) is 2.91. The first-order valence-electron chi connectivity index (χ1n) is 8.46. The molecule has 2 aromatic rings. The zero-order valence-electron chi connectivity index (χ0n) is 13.7. The highest BCUT2D eigenvalue weighted by atomic mass is 35.5. The number of carbonyl (C=O) groups is 1. The van der Waals surface area contributed by atoms with Crippen LogP contribution in [0, 0.1) is 0 Å². The van der Waals surface area contributed by atoms with Crippen molar-refractivity contribution in [3.63, 3.8) is 0 Å². The fraction of sp³-hybridized carbons (Fsp3) is 0.368. The van der Waals surface area contributed by atoms with Crippen molar-refractivity contribution in [3.8, 4) is 0 Å². The lowest BCUT2D eigenvalue weighted by atomic mass is 10.2. The quantitative estimate of drug-likeness (QED) is 0.911. The third-order valence-corrected chi connectivity index (χ3v) is 4.57. The molecule has 3 rings (SSSR count). The van der Waals surface area contributed by atoms with E-state index in [1.807, 2.05) is 36.5 Å². The molecular formula is C19H22ClN3O. The number of benzene rings is 1. The zero-order valence-corrected chi connectivity index (χ0v) is 14.4. The van der Waals surface area contributed by atoms with E-state index in [1.54, 1.807) is 6.07 Å². The van der Waals surface area contributed by atoms with Crippen LogP contribution in [0.25, 0.3) is 0 Å². The maximum Gasteiger partial charge on any atom is 0.270 e. The fourth-order valence-corrected chi connectivity index (χ4v) is 3.04. The molecular weight excluding hydrogens is 322 g/mol. The Bertz CT molecular complexity index is 662. The summed E-state index contributed by atoms with van der Waals surface area (Å²) in [5.74, 6) is -0.160. The van der Waals surface area contributed by atoms with Gasteiger partial charge in [0.15, 0.2) is 0 Å². The number of nitrogens with one attached hydrogen (secondary N) is 1. The monoisotopic (exact) mass is 343 g/mol. The van der Waals surface area contributed by atoms with Gasteiger partial charge in [-0.3, -0.25) is 4.79 Å². The van der Waals surface area contributed by atoms with Crippen LogP contribution in [-0.4, -0.2) is 24.0 Å². The first-order chi connectivity index (χ1) is 11.7. The number of aromatic nitrogens is 1. The molecule has 0 atom stereocenters. The van der Waals surface area contributed by atoms with Crippen LogP contribution >= 0.6 is 11.6 Å². The van der Waals surface area contributed by atoms with Gasteiger partial charge in [-0.25, -0.2) is 4.98 Å². The maximum atomic E-state index is 12.2. The molecule has 0 aliphatic carbocycles. The molecule has 1 aliphatic rings. The normalized spacial score (nSPS) is 15.0. The highest BCUT2D eigenvalue weighted by Gasteiger charge is 2.12. The lowest BCUT2D eigenvalue weighted by Gasteiger charge is -2.22. The van der Waals surface area contributed by atoms with Gasteiger partial charge in [0, 0.05) is 24.7 Å². The molecule has 0 saturated carbocycles. The Morgan fingerprint density at radius 3 is 2.38 bits per heavy atom. The number of rotatable bonds is 4. The topological polar surface area (TPSA) is 45.2 Å². The highest BCUT2D eigenvalue weighted by molar-refractivity contribution is 6.30. The summed E-state index contributed by atoms with van der Waals surface area (Å²) >= 11 is 5.86. The molecule has 126 valence electrons. The Kier molecular flexibility index (Phi) is 5.70.